The molecule has 1 aliphatic rings. The number of aromatic nitrogens is 4. The molecular formula is C22H28Cl3N7O2. The highest BCUT2D eigenvalue weighted by Gasteiger charge is 2.30. The van der Waals surface area contributed by atoms with Gasteiger partial charge >= 0.3 is 0 Å². The molecule has 9 nitrogen and oxygen atoms in total. The van der Waals surface area contributed by atoms with Crippen molar-refractivity contribution < 1.29 is 4.79 Å². The summed E-state index contributed by atoms with van der Waals surface area (Å²) in [6.45, 7) is 2.75. The lowest BCUT2D eigenvalue weighted by molar-refractivity contribution is -0.124. The summed E-state index contributed by atoms with van der Waals surface area (Å²) >= 11 is 0. The number of hydrogen-bond acceptors (Lipinski definition) is 7. The molecule has 4 heterocycles. The molecule has 12 heteroatoms. The smallest absolute Gasteiger partial charge is 0.294 e. The van der Waals surface area contributed by atoms with Crippen molar-refractivity contribution in [3.8, 4) is 0 Å². The lowest BCUT2D eigenvalue weighted by atomic mass is 10.1. The Morgan fingerprint density at radius 1 is 1.18 bits per heavy atom. The van der Waals surface area contributed by atoms with Gasteiger partial charge in [-0.15, -0.1) is 37.2 Å². The van der Waals surface area contributed by atoms with E-state index in [1.807, 2.05) is 25.1 Å². The van der Waals surface area contributed by atoms with Crippen LogP contribution in [0.25, 0.3) is 0 Å². The Labute approximate surface area is 216 Å². The molecule has 0 spiro atoms. The molecule has 1 aliphatic heterocycles. The number of amides is 1. The summed E-state index contributed by atoms with van der Waals surface area (Å²) in [4.78, 5) is 38.4. The van der Waals surface area contributed by atoms with E-state index in [1.54, 1.807) is 29.2 Å². The third kappa shape index (κ3) is 6.59. The summed E-state index contributed by atoms with van der Waals surface area (Å²) < 4.78 is 1.56. The monoisotopic (exact) mass is 527 g/mol. The lowest BCUT2D eigenvalue weighted by Gasteiger charge is -2.16. The van der Waals surface area contributed by atoms with E-state index in [2.05, 4.69) is 25.6 Å². The van der Waals surface area contributed by atoms with Crippen LogP contribution in [0.1, 0.15) is 35.0 Å². The zero-order valence-corrected chi connectivity index (χ0v) is 21.0. The van der Waals surface area contributed by atoms with Gasteiger partial charge in [0, 0.05) is 43.1 Å². The molecule has 0 bridgehead atoms. The number of carbonyl (C=O) groups is 1. The third-order valence-corrected chi connectivity index (χ3v) is 5.49. The van der Waals surface area contributed by atoms with Gasteiger partial charge in [-0.2, -0.15) is 0 Å². The van der Waals surface area contributed by atoms with Crippen molar-refractivity contribution in [2.45, 2.75) is 38.8 Å². The van der Waals surface area contributed by atoms with E-state index >= 15 is 0 Å². The Morgan fingerprint density at radius 3 is 2.62 bits per heavy atom. The minimum Gasteiger partial charge on any atom is -0.384 e. The predicted molar refractivity (Wildman–Crippen MR) is 139 cm³/mol. The largest absolute Gasteiger partial charge is 0.384 e. The normalized spacial score (nSPS) is 13.5. The first-order chi connectivity index (χ1) is 15.0. The zero-order valence-electron chi connectivity index (χ0n) is 18.6. The first-order valence-electron chi connectivity index (χ1n) is 10.3. The van der Waals surface area contributed by atoms with Crippen molar-refractivity contribution in [2.24, 2.45) is 0 Å². The average Bonchev–Trinajstić information content (AvgIpc) is 3.20. The van der Waals surface area contributed by atoms with Gasteiger partial charge in [-0.3, -0.25) is 19.1 Å². The Bertz CT molecular complexity index is 1160. The SMILES string of the molecule is Cc1nc(N)ccc1CNC(=O)[C@@H]1CCc2cnc(NCCc3ccncc3)c(=O)n21.Cl.Cl.Cl. The van der Waals surface area contributed by atoms with Crippen LogP contribution in [-0.4, -0.2) is 32.0 Å². The number of carbonyl (C=O) groups excluding carboxylic acids is 1. The molecule has 4 rings (SSSR count). The van der Waals surface area contributed by atoms with Gasteiger partial charge in [0.05, 0.1) is 0 Å². The van der Waals surface area contributed by atoms with Crippen LogP contribution in [0, 0.1) is 6.92 Å². The highest BCUT2D eigenvalue weighted by atomic mass is 35.5. The molecule has 0 radical (unpaired) electrons. The number of hydrogen-bond donors (Lipinski definition) is 3. The van der Waals surface area contributed by atoms with Gasteiger partial charge in [-0.1, -0.05) is 6.07 Å². The number of fused-ring (bicyclic) bond motifs is 1. The second-order valence-electron chi connectivity index (χ2n) is 7.56. The quantitative estimate of drug-likeness (QED) is 0.430. The topological polar surface area (TPSA) is 128 Å². The summed E-state index contributed by atoms with van der Waals surface area (Å²) in [6, 6.07) is 6.88. The Hall–Kier alpha value is -2.88. The van der Waals surface area contributed by atoms with Crippen LogP contribution >= 0.6 is 37.2 Å². The number of pyridine rings is 2. The fourth-order valence-corrected chi connectivity index (χ4v) is 3.78. The Balaban J connectivity index is 0.00000193. The first-order valence-corrected chi connectivity index (χ1v) is 10.3. The minimum absolute atomic E-state index is 0. The molecule has 0 saturated carbocycles. The highest BCUT2D eigenvalue weighted by molar-refractivity contribution is 5.86. The molecule has 0 aliphatic carbocycles. The maximum Gasteiger partial charge on any atom is 0.294 e. The van der Waals surface area contributed by atoms with Gasteiger partial charge in [-0.05, 0) is 55.5 Å². The van der Waals surface area contributed by atoms with Gasteiger partial charge in [-0.25, -0.2) is 9.97 Å². The number of rotatable bonds is 7. The van der Waals surface area contributed by atoms with Gasteiger partial charge in [0.1, 0.15) is 11.9 Å². The second kappa shape index (κ2) is 13.1. The van der Waals surface area contributed by atoms with Crippen molar-refractivity contribution in [3.05, 3.63) is 75.7 Å². The van der Waals surface area contributed by atoms with E-state index in [0.29, 0.717) is 31.7 Å². The van der Waals surface area contributed by atoms with E-state index in [4.69, 9.17) is 5.73 Å². The molecule has 184 valence electrons. The Morgan fingerprint density at radius 2 is 1.91 bits per heavy atom. The van der Waals surface area contributed by atoms with E-state index in [9.17, 15) is 9.59 Å². The molecule has 0 saturated heterocycles. The second-order valence-corrected chi connectivity index (χ2v) is 7.56. The van der Waals surface area contributed by atoms with Crippen LogP contribution < -0.4 is 21.9 Å². The number of nitrogens with zero attached hydrogens (tertiary/aromatic N) is 4. The summed E-state index contributed by atoms with van der Waals surface area (Å²) in [7, 11) is 0. The molecule has 1 atom stereocenters. The van der Waals surface area contributed by atoms with Crippen molar-refractivity contribution in [1.82, 2.24) is 24.8 Å². The van der Waals surface area contributed by atoms with Crippen molar-refractivity contribution >= 4 is 54.8 Å². The van der Waals surface area contributed by atoms with Gasteiger partial charge in [0.2, 0.25) is 5.91 Å². The first kappa shape index (κ1) is 29.2. The molecule has 3 aromatic rings. The van der Waals surface area contributed by atoms with Gasteiger partial charge in [0.25, 0.3) is 5.56 Å². The number of nitrogens with one attached hydrogen (secondary N) is 2. The zero-order chi connectivity index (χ0) is 21.8. The van der Waals surface area contributed by atoms with Crippen LogP contribution in [0.5, 0.6) is 0 Å². The van der Waals surface area contributed by atoms with Crippen LogP contribution in [0.15, 0.2) is 47.7 Å². The summed E-state index contributed by atoms with van der Waals surface area (Å²) in [5, 5.41) is 6.03. The summed E-state index contributed by atoms with van der Waals surface area (Å²) in [5.41, 5.74) is 8.97. The van der Waals surface area contributed by atoms with Crippen LogP contribution in [0.4, 0.5) is 11.6 Å². The standard InChI is InChI=1S/C22H25N7O2.3ClH/c1-14-16(2-5-19(23)28-14)12-27-21(30)18-4-3-17-13-26-20(22(31)29(17)18)25-11-8-15-6-9-24-10-7-15;;;/h2,5-7,9-10,13,18H,3-4,8,11-12H2,1H3,(H2,23,28)(H,25,26)(H,27,30);3*1H/t18-;;;/m0.../s1. The fraction of sp³-hybridized carbons (Fsp3) is 0.318. The van der Waals surface area contributed by atoms with Crippen LogP contribution in [0.3, 0.4) is 0 Å². The van der Waals surface area contributed by atoms with Crippen molar-refractivity contribution in [1.29, 1.82) is 0 Å². The van der Waals surface area contributed by atoms with E-state index in [0.717, 1.165) is 28.9 Å². The van der Waals surface area contributed by atoms with Crippen molar-refractivity contribution in [3.63, 3.8) is 0 Å². The third-order valence-electron chi connectivity index (χ3n) is 5.49. The number of aryl methyl sites for hydroxylation is 2. The summed E-state index contributed by atoms with van der Waals surface area (Å²) in [5.74, 6) is 0.516. The number of nitrogens with two attached hydrogens (primary N) is 1. The predicted octanol–water partition coefficient (Wildman–Crippen LogP) is 2.65. The average molecular weight is 529 g/mol. The number of anilines is 2. The molecule has 34 heavy (non-hydrogen) atoms. The van der Waals surface area contributed by atoms with Crippen LogP contribution in [-0.2, 0) is 24.2 Å². The Kier molecular flexibility index (Phi) is 11.3. The molecule has 4 N–H and O–H groups in total. The highest BCUT2D eigenvalue weighted by Crippen LogP contribution is 2.24. The number of halogens is 3. The van der Waals surface area contributed by atoms with Crippen LogP contribution in [0.2, 0.25) is 0 Å². The van der Waals surface area contributed by atoms with E-state index < -0.39 is 6.04 Å². The molecule has 1 amide bonds. The molecule has 0 unspecified atom stereocenters. The minimum atomic E-state index is -0.548. The maximum atomic E-state index is 13.0. The molecule has 0 aromatic carbocycles. The molecule has 0 fully saturated rings. The lowest BCUT2D eigenvalue weighted by Crippen LogP contribution is -2.36. The summed E-state index contributed by atoms with van der Waals surface area (Å²) in [6.07, 6.45) is 7.11. The molecular weight excluding hydrogens is 501 g/mol. The van der Waals surface area contributed by atoms with E-state index in [-0.39, 0.29) is 54.5 Å². The number of nitrogen functional groups attached to an aromatic ring is 1. The fourth-order valence-electron chi connectivity index (χ4n) is 3.78. The van der Waals surface area contributed by atoms with Gasteiger partial charge < -0.3 is 16.4 Å². The maximum absolute atomic E-state index is 13.0. The molecule has 3 aromatic heterocycles. The van der Waals surface area contributed by atoms with Gasteiger partial charge in [0.15, 0.2) is 5.82 Å². The van der Waals surface area contributed by atoms with E-state index in [1.165, 1.54) is 0 Å². The van der Waals surface area contributed by atoms with Crippen molar-refractivity contribution in [2.75, 3.05) is 17.6 Å².